The van der Waals surface area contributed by atoms with Crippen LogP contribution in [0.5, 0.6) is 0 Å². The normalized spacial score (nSPS) is 15.2. The molecule has 1 aromatic rings. The molecule has 1 aliphatic rings. The Labute approximate surface area is 168 Å². The van der Waals surface area contributed by atoms with Gasteiger partial charge in [-0.05, 0) is 46.5 Å². The van der Waals surface area contributed by atoms with Crippen LogP contribution in [0.2, 0.25) is 0 Å². The van der Waals surface area contributed by atoms with E-state index in [0.29, 0.717) is 25.2 Å². The summed E-state index contributed by atoms with van der Waals surface area (Å²) in [4.78, 5) is 27.1. The molecule has 0 atom stereocenters. The number of fused-ring (bicyclic) bond motifs is 1. The highest BCUT2D eigenvalue weighted by molar-refractivity contribution is 5.94. The van der Waals surface area contributed by atoms with Crippen LogP contribution in [0.15, 0.2) is 0 Å². The SMILES string of the molecule is Cn1nc(C(=O)NC(C)(C)CC(C)(C)C)c2c1CCN(C(=O)OC(C)(C)C)C2. The number of nitrogens with one attached hydrogen (secondary N) is 1. The molecule has 0 bridgehead atoms. The summed E-state index contributed by atoms with van der Waals surface area (Å²) in [6.07, 6.45) is 1.13. The minimum absolute atomic E-state index is 0.0911. The molecular weight excluding hydrogens is 356 g/mol. The monoisotopic (exact) mass is 392 g/mol. The number of hydrogen-bond acceptors (Lipinski definition) is 4. The van der Waals surface area contributed by atoms with Crippen LogP contribution in [-0.4, -0.2) is 44.4 Å². The highest BCUT2D eigenvalue weighted by Gasteiger charge is 2.34. The standard InChI is InChI=1S/C21H36N4O3/c1-19(2,3)13-21(7,8)22-17(26)16-14-12-25(18(27)28-20(4,5)6)11-10-15(14)24(9)23-16/h10-13H2,1-9H3,(H,22,26). The van der Waals surface area contributed by atoms with Gasteiger partial charge in [0.1, 0.15) is 5.60 Å². The minimum atomic E-state index is -0.552. The Hall–Kier alpha value is -2.05. The van der Waals surface area contributed by atoms with Crippen LogP contribution >= 0.6 is 0 Å². The molecule has 0 fully saturated rings. The van der Waals surface area contributed by atoms with E-state index in [1.165, 1.54) is 0 Å². The van der Waals surface area contributed by atoms with Gasteiger partial charge in [0.15, 0.2) is 5.69 Å². The van der Waals surface area contributed by atoms with Gasteiger partial charge in [-0.15, -0.1) is 0 Å². The van der Waals surface area contributed by atoms with Crippen molar-refractivity contribution in [3.8, 4) is 0 Å². The highest BCUT2D eigenvalue weighted by Crippen LogP contribution is 2.28. The Kier molecular flexibility index (Phi) is 5.89. The summed E-state index contributed by atoms with van der Waals surface area (Å²) in [5.41, 5.74) is 1.38. The van der Waals surface area contributed by atoms with E-state index in [-0.39, 0.29) is 23.0 Å². The van der Waals surface area contributed by atoms with Crippen LogP contribution in [0.3, 0.4) is 0 Å². The molecule has 0 aromatic carbocycles. The van der Waals surface area contributed by atoms with E-state index >= 15 is 0 Å². The number of aryl methyl sites for hydroxylation is 1. The second kappa shape index (κ2) is 7.41. The third kappa shape index (κ3) is 5.72. The number of nitrogens with zero attached hydrogens (tertiary/aromatic N) is 3. The first-order valence-corrected chi connectivity index (χ1v) is 9.93. The van der Waals surface area contributed by atoms with E-state index in [4.69, 9.17) is 4.74 Å². The second-order valence-corrected chi connectivity index (χ2v) is 10.6. The van der Waals surface area contributed by atoms with Gasteiger partial charge in [-0.2, -0.15) is 5.10 Å². The molecule has 0 saturated heterocycles. The number of aromatic nitrogens is 2. The predicted molar refractivity (Wildman–Crippen MR) is 109 cm³/mol. The smallest absolute Gasteiger partial charge is 0.410 e. The van der Waals surface area contributed by atoms with E-state index in [2.05, 4.69) is 31.2 Å². The molecular formula is C21H36N4O3. The lowest BCUT2D eigenvalue weighted by atomic mass is 9.81. The van der Waals surface area contributed by atoms with Crippen molar-refractivity contribution in [3.63, 3.8) is 0 Å². The zero-order valence-corrected chi connectivity index (χ0v) is 18.9. The predicted octanol–water partition coefficient (Wildman–Crippen LogP) is 3.66. The maximum absolute atomic E-state index is 13.0. The summed E-state index contributed by atoms with van der Waals surface area (Å²) in [5.74, 6) is -0.197. The van der Waals surface area contributed by atoms with E-state index in [0.717, 1.165) is 17.7 Å². The van der Waals surface area contributed by atoms with Gasteiger partial charge in [0, 0.05) is 36.8 Å². The molecule has 28 heavy (non-hydrogen) atoms. The van der Waals surface area contributed by atoms with Crippen molar-refractivity contribution in [1.82, 2.24) is 20.0 Å². The molecule has 1 aromatic heterocycles. The summed E-state index contributed by atoms with van der Waals surface area (Å²) >= 11 is 0. The molecule has 2 rings (SSSR count). The van der Waals surface area contributed by atoms with E-state index in [1.54, 1.807) is 9.58 Å². The first-order valence-electron chi connectivity index (χ1n) is 9.93. The second-order valence-electron chi connectivity index (χ2n) is 10.6. The van der Waals surface area contributed by atoms with Gasteiger partial charge < -0.3 is 15.0 Å². The van der Waals surface area contributed by atoms with Crippen LogP contribution in [0.4, 0.5) is 4.79 Å². The van der Waals surface area contributed by atoms with Gasteiger partial charge in [-0.1, -0.05) is 20.8 Å². The summed E-state index contributed by atoms with van der Waals surface area (Å²) in [6, 6.07) is 0. The van der Waals surface area contributed by atoms with Crippen LogP contribution in [0.1, 0.15) is 83.6 Å². The molecule has 2 amide bonds. The largest absolute Gasteiger partial charge is 0.444 e. The number of ether oxygens (including phenoxy) is 1. The fourth-order valence-electron chi connectivity index (χ4n) is 3.99. The topological polar surface area (TPSA) is 76.5 Å². The maximum Gasteiger partial charge on any atom is 0.410 e. The zero-order valence-electron chi connectivity index (χ0n) is 18.9. The molecule has 0 saturated carbocycles. The van der Waals surface area contributed by atoms with Gasteiger partial charge in [-0.25, -0.2) is 4.79 Å². The Morgan fingerprint density at radius 2 is 1.71 bits per heavy atom. The van der Waals surface area contributed by atoms with Crippen LogP contribution in [0.25, 0.3) is 0 Å². The molecule has 0 aliphatic carbocycles. The van der Waals surface area contributed by atoms with Crippen molar-refractivity contribution in [2.75, 3.05) is 6.54 Å². The fraction of sp³-hybridized carbons (Fsp3) is 0.762. The molecule has 1 aliphatic heterocycles. The van der Waals surface area contributed by atoms with Gasteiger partial charge in [0.2, 0.25) is 0 Å². The zero-order chi connectivity index (χ0) is 21.5. The Balaban J connectivity index is 2.21. The van der Waals surface area contributed by atoms with Crippen molar-refractivity contribution < 1.29 is 14.3 Å². The van der Waals surface area contributed by atoms with Crippen molar-refractivity contribution in [2.24, 2.45) is 12.5 Å². The number of carbonyl (C=O) groups is 2. The first-order chi connectivity index (χ1) is 12.6. The van der Waals surface area contributed by atoms with E-state index in [1.807, 2.05) is 41.7 Å². The Morgan fingerprint density at radius 3 is 2.25 bits per heavy atom. The highest BCUT2D eigenvalue weighted by atomic mass is 16.6. The van der Waals surface area contributed by atoms with E-state index < -0.39 is 5.60 Å². The maximum atomic E-state index is 13.0. The lowest BCUT2D eigenvalue weighted by Crippen LogP contribution is -2.46. The van der Waals surface area contributed by atoms with Gasteiger partial charge in [-0.3, -0.25) is 9.48 Å². The number of amides is 2. The third-order valence-corrected chi connectivity index (χ3v) is 4.53. The summed E-state index contributed by atoms with van der Waals surface area (Å²) in [6.45, 7) is 16.9. The molecule has 7 heteroatoms. The third-order valence-electron chi connectivity index (χ3n) is 4.53. The molecule has 0 spiro atoms. The summed E-state index contributed by atoms with van der Waals surface area (Å²) in [7, 11) is 1.85. The Bertz CT molecular complexity index is 751. The van der Waals surface area contributed by atoms with Crippen LogP contribution in [-0.2, 0) is 24.8 Å². The number of hydrogen-bond donors (Lipinski definition) is 1. The molecule has 7 nitrogen and oxygen atoms in total. The van der Waals surface area contributed by atoms with Crippen LogP contribution < -0.4 is 5.32 Å². The quantitative estimate of drug-likeness (QED) is 0.852. The van der Waals surface area contributed by atoms with Crippen molar-refractivity contribution in [2.45, 2.75) is 85.9 Å². The molecule has 0 radical (unpaired) electrons. The lowest BCUT2D eigenvalue weighted by molar-refractivity contribution is 0.0221. The number of rotatable bonds is 3. The van der Waals surface area contributed by atoms with Gasteiger partial charge in [0.05, 0.1) is 6.54 Å². The molecule has 0 unspecified atom stereocenters. The van der Waals surface area contributed by atoms with Gasteiger partial charge in [0.25, 0.3) is 5.91 Å². The summed E-state index contributed by atoms with van der Waals surface area (Å²) in [5, 5.41) is 7.59. The van der Waals surface area contributed by atoms with Crippen molar-refractivity contribution >= 4 is 12.0 Å². The minimum Gasteiger partial charge on any atom is -0.444 e. The van der Waals surface area contributed by atoms with E-state index in [9.17, 15) is 9.59 Å². The summed E-state index contributed by atoms with van der Waals surface area (Å²) < 4.78 is 7.25. The lowest BCUT2D eigenvalue weighted by Gasteiger charge is -2.33. The Morgan fingerprint density at radius 1 is 1.11 bits per heavy atom. The molecule has 158 valence electrons. The van der Waals surface area contributed by atoms with Crippen LogP contribution in [0, 0.1) is 5.41 Å². The van der Waals surface area contributed by atoms with Crippen molar-refractivity contribution in [3.05, 3.63) is 17.0 Å². The van der Waals surface area contributed by atoms with Gasteiger partial charge >= 0.3 is 6.09 Å². The number of carbonyl (C=O) groups excluding carboxylic acids is 2. The fourth-order valence-corrected chi connectivity index (χ4v) is 3.99. The molecule has 2 heterocycles. The molecule has 1 N–H and O–H groups in total. The first kappa shape index (κ1) is 22.2. The average Bonchev–Trinajstić information content (AvgIpc) is 2.79. The van der Waals surface area contributed by atoms with Crippen molar-refractivity contribution in [1.29, 1.82) is 0 Å². The average molecular weight is 393 g/mol.